The van der Waals surface area contributed by atoms with Crippen LogP contribution in [0.25, 0.3) is 11.3 Å². The molecule has 32 heavy (non-hydrogen) atoms. The van der Waals surface area contributed by atoms with Crippen LogP contribution in [0.1, 0.15) is 24.1 Å². The Morgan fingerprint density at radius 2 is 1.72 bits per heavy atom. The van der Waals surface area contributed by atoms with Crippen molar-refractivity contribution in [3.8, 4) is 34.3 Å². The summed E-state index contributed by atoms with van der Waals surface area (Å²) in [6.45, 7) is 0.317. The third kappa shape index (κ3) is 3.95. The Morgan fingerprint density at radius 3 is 2.31 bits per heavy atom. The second-order valence-electron chi connectivity index (χ2n) is 7.61. The number of benzene rings is 2. The number of hydrogen-bond acceptors (Lipinski definition) is 7. The molecule has 0 saturated heterocycles. The Balaban J connectivity index is 1.49. The highest BCUT2D eigenvalue weighted by Crippen LogP contribution is 2.49. The Labute approximate surface area is 186 Å². The van der Waals surface area contributed by atoms with Gasteiger partial charge in [-0.1, -0.05) is 17.3 Å². The first-order chi connectivity index (χ1) is 15.5. The van der Waals surface area contributed by atoms with Gasteiger partial charge in [-0.15, -0.1) is 0 Å². The molecule has 1 aliphatic carbocycles. The summed E-state index contributed by atoms with van der Waals surface area (Å²) in [5.74, 6) is 2.83. The van der Waals surface area contributed by atoms with Crippen molar-refractivity contribution < 1.29 is 28.3 Å². The van der Waals surface area contributed by atoms with E-state index in [2.05, 4.69) is 10.5 Å². The van der Waals surface area contributed by atoms with E-state index in [0.717, 1.165) is 29.7 Å². The van der Waals surface area contributed by atoms with Crippen molar-refractivity contribution in [2.45, 2.75) is 24.8 Å². The number of carbonyl (C=O) groups excluding carboxylic acids is 1. The van der Waals surface area contributed by atoms with E-state index < -0.39 is 5.41 Å². The highest BCUT2D eigenvalue weighted by atomic mass is 16.5. The van der Waals surface area contributed by atoms with Crippen LogP contribution in [-0.2, 0) is 16.8 Å². The van der Waals surface area contributed by atoms with Gasteiger partial charge < -0.3 is 28.8 Å². The minimum atomic E-state index is -0.665. The topological polar surface area (TPSA) is 92.1 Å². The van der Waals surface area contributed by atoms with Gasteiger partial charge in [-0.25, -0.2) is 0 Å². The summed E-state index contributed by atoms with van der Waals surface area (Å²) in [4.78, 5) is 13.1. The summed E-state index contributed by atoms with van der Waals surface area (Å²) in [5.41, 5.74) is 1.65. The lowest BCUT2D eigenvalue weighted by molar-refractivity contribution is -0.123. The molecule has 8 nitrogen and oxygen atoms in total. The van der Waals surface area contributed by atoms with Crippen LogP contribution < -0.4 is 24.3 Å². The van der Waals surface area contributed by atoms with Crippen molar-refractivity contribution in [3.05, 3.63) is 53.7 Å². The number of rotatable bonds is 9. The van der Waals surface area contributed by atoms with Crippen molar-refractivity contribution >= 4 is 5.91 Å². The Bertz CT molecular complexity index is 1090. The van der Waals surface area contributed by atoms with Gasteiger partial charge in [0.05, 0.1) is 39.5 Å². The standard InChI is InChI=1S/C24H26N2O6/c1-28-17-7-5-6-16(12-17)18-13-21(26-32-18)24(8-9-24)23(27)25-14-15-10-19(29-2)22(31-4)20(11-15)30-3/h5-7,10-13H,8-9,14H2,1-4H3,(H,25,27). The second kappa shape index (κ2) is 8.82. The molecular weight excluding hydrogens is 412 g/mol. The van der Waals surface area contributed by atoms with E-state index in [1.165, 1.54) is 0 Å². The molecule has 1 N–H and O–H groups in total. The summed E-state index contributed by atoms with van der Waals surface area (Å²) in [7, 11) is 6.28. The number of methoxy groups -OCH3 is 4. The fourth-order valence-electron chi connectivity index (χ4n) is 3.73. The SMILES string of the molecule is COc1cccc(-c2cc(C3(C(=O)NCc4cc(OC)c(OC)c(OC)c4)CC3)no2)c1. The minimum absolute atomic E-state index is 0.0863. The zero-order valence-electron chi connectivity index (χ0n) is 18.6. The van der Waals surface area contributed by atoms with Crippen LogP contribution in [0.5, 0.6) is 23.0 Å². The third-order valence-corrected chi connectivity index (χ3v) is 5.72. The quantitative estimate of drug-likeness (QED) is 0.544. The lowest BCUT2D eigenvalue weighted by Crippen LogP contribution is -2.34. The van der Waals surface area contributed by atoms with Gasteiger partial charge in [-0.3, -0.25) is 4.79 Å². The maximum absolute atomic E-state index is 13.1. The number of nitrogens with one attached hydrogen (secondary N) is 1. The molecule has 0 spiro atoms. The van der Waals surface area contributed by atoms with Gasteiger partial charge >= 0.3 is 0 Å². The van der Waals surface area contributed by atoms with E-state index in [0.29, 0.717) is 35.2 Å². The van der Waals surface area contributed by atoms with Crippen LogP contribution >= 0.6 is 0 Å². The molecule has 1 saturated carbocycles. The monoisotopic (exact) mass is 438 g/mol. The van der Waals surface area contributed by atoms with E-state index in [1.54, 1.807) is 28.4 Å². The molecule has 1 heterocycles. The molecule has 0 bridgehead atoms. The zero-order chi connectivity index (χ0) is 22.7. The van der Waals surface area contributed by atoms with Gasteiger partial charge in [0.2, 0.25) is 11.7 Å². The molecule has 3 aromatic rings. The van der Waals surface area contributed by atoms with Gasteiger partial charge in [0.25, 0.3) is 0 Å². The molecule has 0 unspecified atom stereocenters. The first kappa shape index (κ1) is 21.5. The Kier molecular flexibility index (Phi) is 5.94. The first-order valence-electron chi connectivity index (χ1n) is 10.2. The molecule has 1 amide bonds. The minimum Gasteiger partial charge on any atom is -0.497 e. The molecule has 4 rings (SSSR count). The fourth-order valence-corrected chi connectivity index (χ4v) is 3.73. The van der Waals surface area contributed by atoms with Crippen molar-refractivity contribution in [1.29, 1.82) is 0 Å². The average Bonchev–Trinajstić information content (AvgIpc) is 3.50. The maximum Gasteiger partial charge on any atom is 0.232 e. The number of carbonyl (C=O) groups is 1. The van der Waals surface area contributed by atoms with Crippen LogP contribution in [0.4, 0.5) is 0 Å². The molecule has 1 aromatic heterocycles. The van der Waals surface area contributed by atoms with Gasteiger partial charge in [-0.2, -0.15) is 0 Å². The highest BCUT2D eigenvalue weighted by molar-refractivity contribution is 5.91. The van der Waals surface area contributed by atoms with Gasteiger partial charge in [-0.05, 0) is 42.7 Å². The molecule has 0 atom stereocenters. The molecule has 0 aliphatic heterocycles. The van der Waals surface area contributed by atoms with Crippen molar-refractivity contribution in [2.75, 3.05) is 28.4 Å². The van der Waals surface area contributed by atoms with E-state index in [4.69, 9.17) is 23.5 Å². The van der Waals surface area contributed by atoms with E-state index in [9.17, 15) is 4.79 Å². The summed E-state index contributed by atoms with van der Waals surface area (Å²) in [6.07, 6.45) is 1.44. The Morgan fingerprint density at radius 1 is 1.00 bits per heavy atom. The van der Waals surface area contributed by atoms with Crippen LogP contribution in [0.15, 0.2) is 47.0 Å². The van der Waals surface area contributed by atoms with Crippen LogP contribution in [0.3, 0.4) is 0 Å². The number of aromatic nitrogens is 1. The maximum atomic E-state index is 13.1. The lowest BCUT2D eigenvalue weighted by Gasteiger charge is -2.16. The fraction of sp³-hybridized carbons (Fsp3) is 0.333. The van der Waals surface area contributed by atoms with Crippen LogP contribution in [0.2, 0.25) is 0 Å². The largest absolute Gasteiger partial charge is 0.497 e. The predicted octanol–water partition coefficient (Wildman–Crippen LogP) is 3.72. The second-order valence-corrected chi connectivity index (χ2v) is 7.61. The normalized spacial score (nSPS) is 13.9. The van der Waals surface area contributed by atoms with Crippen LogP contribution in [-0.4, -0.2) is 39.5 Å². The van der Waals surface area contributed by atoms with Crippen molar-refractivity contribution in [3.63, 3.8) is 0 Å². The summed E-state index contributed by atoms with van der Waals surface area (Å²) in [5, 5.41) is 7.22. The average molecular weight is 438 g/mol. The number of nitrogens with zero attached hydrogens (tertiary/aromatic N) is 1. The molecule has 0 radical (unpaired) electrons. The van der Waals surface area contributed by atoms with Gasteiger partial charge in [0, 0.05) is 18.2 Å². The highest BCUT2D eigenvalue weighted by Gasteiger charge is 2.53. The summed E-state index contributed by atoms with van der Waals surface area (Å²) in [6, 6.07) is 13.0. The number of amides is 1. The molecular formula is C24H26N2O6. The smallest absolute Gasteiger partial charge is 0.232 e. The third-order valence-electron chi connectivity index (χ3n) is 5.72. The van der Waals surface area contributed by atoms with Crippen molar-refractivity contribution in [1.82, 2.24) is 10.5 Å². The zero-order valence-corrected chi connectivity index (χ0v) is 18.6. The summed E-state index contributed by atoms with van der Waals surface area (Å²) < 4.78 is 26.9. The van der Waals surface area contributed by atoms with Gasteiger partial charge in [0.15, 0.2) is 17.3 Å². The van der Waals surface area contributed by atoms with E-state index >= 15 is 0 Å². The van der Waals surface area contributed by atoms with Gasteiger partial charge in [0.1, 0.15) is 5.75 Å². The van der Waals surface area contributed by atoms with E-state index in [1.807, 2.05) is 42.5 Å². The van der Waals surface area contributed by atoms with E-state index in [-0.39, 0.29) is 5.91 Å². The number of hydrogen-bond donors (Lipinski definition) is 1. The number of ether oxygens (including phenoxy) is 4. The lowest BCUT2D eigenvalue weighted by atomic mass is 10.00. The Hall–Kier alpha value is -3.68. The predicted molar refractivity (Wildman–Crippen MR) is 117 cm³/mol. The molecule has 2 aromatic carbocycles. The summed E-state index contributed by atoms with van der Waals surface area (Å²) >= 11 is 0. The molecule has 1 aliphatic rings. The van der Waals surface area contributed by atoms with Crippen LogP contribution in [0, 0.1) is 0 Å². The first-order valence-corrected chi connectivity index (χ1v) is 10.2. The molecule has 8 heteroatoms. The molecule has 168 valence electrons. The van der Waals surface area contributed by atoms with Crippen molar-refractivity contribution in [2.24, 2.45) is 0 Å². The molecule has 1 fully saturated rings.